The molecule has 0 amide bonds. The molecule has 1 aromatic heterocycles. The number of sulfonamides is 1. The van der Waals surface area contributed by atoms with E-state index < -0.39 is 10.0 Å². The molecule has 1 aliphatic rings. The number of rotatable bonds is 8. The fraction of sp³-hybridized carbons (Fsp3) is 0.455. The lowest BCUT2D eigenvalue weighted by Crippen LogP contribution is -2.49. The number of aromatic nitrogens is 1. The van der Waals surface area contributed by atoms with Gasteiger partial charge in [0.15, 0.2) is 5.96 Å². The standard InChI is InChI=1S/C22H32N6O2S.HI/c1-3-23-22(26-19(2)20-9-5-4-6-10-20)25-13-18-31(29,30)28-16-14-27(15-17-28)21-11-7-8-12-24-21;/h4-12,19H,3,13-18H2,1-2H3,(H2,23,25,26);1H. The number of hydrogen-bond acceptors (Lipinski definition) is 5. The number of halogens is 1. The van der Waals surface area contributed by atoms with Crippen molar-refractivity contribution < 1.29 is 8.42 Å². The van der Waals surface area contributed by atoms with Gasteiger partial charge in [0, 0.05) is 38.9 Å². The number of aliphatic imine (C=N–C) groups is 1. The molecule has 3 rings (SSSR count). The molecule has 10 heteroatoms. The van der Waals surface area contributed by atoms with Crippen molar-refractivity contribution in [2.24, 2.45) is 4.99 Å². The topological polar surface area (TPSA) is 89.9 Å². The molecule has 2 aromatic rings. The third kappa shape index (κ3) is 7.59. The van der Waals surface area contributed by atoms with Gasteiger partial charge in [-0.1, -0.05) is 36.4 Å². The van der Waals surface area contributed by atoms with E-state index in [4.69, 9.17) is 0 Å². The molecule has 2 N–H and O–H groups in total. The van der Waals surface area contributed by atoms with E-state index in [0.717, 1.165) is 11.4 Å². The summed E-state index contributed by atoms with van der Waals surface area (Å²) in [5.74, 6) is 1.50. The number of piperazine rings is 1. The molecule has 0 aliphatic carbocycles. The van der Waals surface area contributed by atoms with Gasteiger partial charge in [-0.25, -0.2) is 13.4 Å². The van der Waals surface area contributed by atoms with Gasteiger partial charge in [0.1, 0.15) is 5.82 Å². The van der Waals surface area contributed by atoms with Gasteiger partial charge in [-0.15, -0.1) is 24.0 Å². The van der Waals surface area contributed by atoms with Crippen LogP contribution in [-0.4, -0.2) is 68.7 Å². The Hall–Kier alpha value is -1.92. The molecule has 176 valence electrons. The lowest BCUT2D eigenvalue weighted by Gasteiger charge is -2.34. The van der Waals surface area contributed by atoms with Crippen LogP contribution in [0.5, 0.6) is 0 Å². The molecular weight excluding hydrogens is 539 g/mol. The van der Waals surface area contributed by atoms with E-state index in [2.05, 4.69) is 44.6 Å². The van der Waals surface area contributed by atoms with Gasteiger partial charge in [-0.05, 0) is 31.5 Å². The first kappa shape index (κ1) is 26.3. The summed E-state index contributed by atoms with van der Waals surface area (Å²) in [6.07, 6.45) is 1.76. The second kappa shape index (κ2) is 12.9. The maximum Gasteiger partial charge on any atom is 0.216 e. The second-order valence-corrected chi connectivity index (χ2v) is 9.52. The fourth-order valence-corrected chi connectivity index (χ4v) is 4.79. The maximum atomic E-state index is 12.8. The van der Waals surface area contributed by atoms with Crippen molar-refractivity contribution in [2.45, 2.75) is 19.9 Å². The summed E-state index contributed by atoms with van der Waals surface area (Å²) in [6.45, 7) is 7.16. The van der Waals surface area contributed by atoms with Crippen molar-refractivity contribution in [3.8, 4) is 0 Å². The Morgan fingerprint density at radius 2 is 1.78 bits per heavy atom. The summed E-state index contributed by atoms with van der Waals surface area (Å²) in [4.78, 5) is 11.0. The minimum Gasteiger partial charge on any atom is -0.357 e. The highest BCUT2D eigenvalue weighted by Crippen LogP contribution is 2.15. The molecule has 1 unspecified atom stereocenters. The molecule has 1 fully saturated rings. The molecule has 0 spiro atoms. The molecular formula is C22H33IN6O2S. The third-order valence-electron chi connectivity index (χ3n) is 5.22. The molecule has 1 aromatic carbocycles. The quantitative estimate of drug-likeness (QED) is 0.287. The number of nitrogens with one attached hydrogen (secondary N) is 2. The molecule has 2 heterocycles. The summed E-state index contributed by atoms with van der Waals surface area (Å²) < 4.78 is 27.2. The van der Waals surface area contributed by atoms with Crippen molar-refractivity contribution in [3.63, 3.8) is 0 Å². The first-order valence-corrected chi connectivity index (χ1v) is 12.3. The minimum absolute atomic E-state index is 0. The van der Waals surface area contributed by atoms with E-state index in [-0.39, 0.29) is 42.3 Å². The number of benzene rings is 1. The zero-order valence-electron chi connectivity index (χ0n) is 18.6. The summed E-state index contributed by atoms with van der Waals surface area (Å²) in [7, 11) is -3.36. The van der Waals surface area contributed by atoms with Gasteiger partial charge < -0.3 is 15.5 Å². The number of nitrogens with zero attached hydrogens (tertiary/aromatic N) is 4. The van der Waals surface area contributed by atoms with Crippen LogP contribution < -0.4 is 15.5 Å². The summed E-state index contributed by atoms with van der Waals surface area (Å²) >= 11 is 0. The van der Waals surface area contributed by atoms with Crippen molar-refractivity contribution in [1.29, 1.82) is 0 Å². The van der Waals surface area contributed by atoms with E-state index >= 15 is 0 Å². The van der Waals surface area contributed by atoms with Crippen LogP contribution in [0.2, 0.25) is 0 Å². The molecule has 1 saturated heterocycles. The van der Waals surface area contributed by atoms with E-state index in [1.54, 1.807) is 10.5 Å². The molecule has 0 radical (unpaired) electrons. The largest absolute Gasteiger partial charge is 0.357 e. The Labute approximate surface area is 208 Å². The Morgan fingerprint density at radius 3 is 2.41 bits per heavy atom. The van der Waals surface area contributed by atoms with Crippen LogP contribution in [0, 0.1) is 0 Å². The van der Waals surface area contributed by atoms with Crippen LogP contribution in [0.3, 0.4) is 0 Å². The molecule has 1 aliphatic heterocycles. The number of guanidine groups is 1. The molecule has 8 nitrogen and oxygen atoms in total. The number of pyridine rings is 1. The van der Waals surface area contributed by atoms with Crippen LogP contribution >= 0.6 is 24.0 Å². The van der Waals surface area contributed by atoms with Crippen LogP contribution in [-0.2, 0) is 10.0 Å². The monoisotopic (exact) mass is 572 g/mol. The molecule has 32 heavy (non-hydrogen) atoms. The van der Waals surface area contributed by atoms with Crippen molar-refractivity contribution in [1.82, 2.24) is 19.9 Å². The average molecular weight is 573 g/mol. The van der Waals surface area contributed by atoms with Crippen LogP contribution in [0.25, 0.3) is 0 Å². The van der Waals surface area contributed by atoms with E-state index in [9.17, 15) is 8.42 Å². The zero-order chi connectivity index (χ0) is 22.1. The van der Waals surface area contributed by atoms with E-state index in [0.29, 0.717) is 38.7 Å². The van der Waals surface area contributed by atoms with Crippen molar-refractivity contribution >= 4 is 45.8 Å². The van der Waals surface area contributed by atoms with E-state index in [1.165, 1.54) is 0 Å². The van der Waals surface area contributed by atoms with Crippen molar-refractivity contribution in [2.75, 3.05) is 49.9 Å². The zero-order valence-corrected chi connectivity index (χ0v) is 21.8. The average Bonchev–Trinajstić information content (AvgIpc) is 2.80. The second-order valence-electron chi connectivity index (χ2n) is 7.43. The van der Waals surface area contributed by atoms with Crippen LogP contribution in [0.1, 0.15) is 25.5 Å². The third-order valence-corrected chi connectivity index (χ3v) is 7.07. The lowest BCUT2D eigenvalue weighted by atomic mass is 10.1. The SMILES string of the molecule is CCNC(=NCCS(=O)(=O)N1CCN(c2ccccn2)CC1)NC(C)c1ccccc1.I. The smallest absolute Gasteiger partial charge is 0.216 e. The van der Waals surface area contributed by atoms with Gasteiger partial charge in [-0.2, -0.15) is 4.31 Å². The maximum absolute atomic E-state index is 12.8. The summed E-state index contributed by atoms with van der Waals surface area (Å²) in [6, 6.07) is 15.9. The van der Waals surface area contributed by atoms with Crippen molar-refractivity contribution in [3.05, 3.63) is 60.3 Å². The highest BCUT2D eigenvalue weighted by molar-refractivity contribution is 14.0. The first-order valence-electron chi connectivity index (χ1n) is 10.7. The minimum atomic E-state index is -3.36. The number of anilines is 1. The van der Waals surface area contributed by atoms with Crippen LogP contribution in [0.4, 0.5) is 5.82 Å². The number of hydrogen-bond donors (Lipinski definition) is 2. The Bertz CT molecular complexity index is 935. The predicted octanol–water partition coefficient (Wildman–Crippen LogP) is 2.47. The van der Waals surface area contributed by atoms with Gasteiger partial charge >= 0.3 is 0 Å². The fourth-order valence-electron chi connectivity index (χ4n) is 3.49. The lowest BCUT2D eigenvalue weighted by molar-refractivity contribution is 0.384. The Balaban J connectivity index is 0.00000363. The summed E-state index contributed by atoms with van der Waals surface area (Å²) in [5.41, 5.74) is 1.14. The van der Waals surface area contributed by atoms with Gasteiger partial charge in [0.2, 0.25) is 10.0 Å². The van der Waals surface area contributed by atoms with Gasteiger partial charge in [0.25, 0.3) is 0 Å². The Morgan fingerprint density at radius 1 is 1.09 bits per heavy atom. The van der Waals surface area contributed by atoms with Gasteiger partial charge in [0.05, 0.1) is 18.3 Å². The predicted molar refractivity (Wildman–Crippen MR) is 141 cm³/mol. The molecule has 0 saturated carbocycles. The van der Waals surface area contributed by atoms with E-state index in [1.807, 2.05) is 43.3 Å². The molecule has 0 bridgehead atoms. The molecule has 1 atom stereocenters. The normalized spacial score (nSPS) is 16.2. The first-order chi connectivity index (χ1) is 15.0. The summed E-state index contributed by atoms with van der Waals surface area (Å²) in [5, 5.41) is 6.53. The highest BCUT2D eigenvalue weighted by Gasteiger charge is 2.27. The highest BCUT2D eigenvalue weighted by atomic mass is 127. The van der Waals surface area contributed by atoms with Gasteiger partial charge in [-0.3, -0.25) is 4.99 Å². The Kier molecular flexibility index (Phi) is 10.7. The van der Waals surface area contributed by atoms with Crippen LogP contribution in [0.15, 0.2) is 59.7 Å².